The van der Waals surface area contributed by atoms with Gasteiger partial charge in [0.25, 0.3) is 5.56 Å². The van der Waals surface area contributed by atoms with Crippen LogP contribution in [-0.4, -0.2) is 14.4 Å². The average molecular weight is 253 g/mol. The monoisotopic (exact) mass is 253 g/mol. The molecule has 0 aliphatic rings. The van der Waals surface area contributed by atoms with Gasteiger partial charge in [0.15, 0.2) is 10.6 Å². The Kier molecular flexibility index (Phi) is 1.82. The Bertz CT molecular complexity index is 955. The molecule has 0 aliphatic heterocycles. The first-order valence-electron chi connectivity index (χ1n) is 5.48. The summed E-state index contributed by atoms with van der Waals surface area (Å²) in [5.74, 6) is 0. The second-order valence-electron chi connectivity index (χ2n) is 4.02. The molecule has 4 nitrogen and oxygen atoms in total. The van der Waals surface area contributed by atoms with Gasteiger partial charge < -0.3 is 0 Å². The number of pyridine rings is 1. The molecule has 86 valence electrons. The van der Waals surface area contributed by atoms with E-state index in [4.69, 9.17) is 0 Å². The van der Waals surface area contributed by atoms with Crippen LogP contribution in [0.5, 0.6) is 0 Å². The van der Waals surface area contributed by atoms with E-state index in [2.05, 4.69) is 9.97 Å². The fraction of sp³-hybridized carbons (Fsp3) is 0. The molecule has 0 spiro atoms. The van der Waals surface area contributed by atoms with Gasteiger partial charge in [-0.1, -0.05) is 18.2 Å². The third-order valence-corrected chi connectivity index (χ3v) is 3.71. The number of nitrogens with zero attached hydrogens (tertiary/aromatic N) is 3. The SMILES string of the molecule is O=c1nc2sccn2c2nc3ccccc3cc12. The molecule has 0 bridgehead atoms. The smallest absolute Gasteiger partial charge is 0.276 e. The van der Waals surface area contributed by atoms with Crippen LogP contribution in [0, 0.1) is 0 Å². The van der Waals surface area contributed by atoms with Crippen LogP contribution in [0.1, 0.15) is 0 Å². The lowest BCUT2D eigenvalue weighted by molar-refractivity contribution is 1.15. The third-order valence-electron chi connectivity index (χ3n) is 2.95. The van der Waals surface area contributed by atoms with Gasteiger partial charge >= 0.3 is 0 Å². The van der Waals surface area contributed by atoms with Gasteiger partial charge in [-0.25, -0.2) is 4.98 Å². The number of hydrogen-bond acceptors (Lipinski definition) is 4. The van der Waals surface area contributed by atoms with E-state index in [1.54, 1.807) is 0 Å². The number of hydrogen-bond donors (Lipinski definition) is 0. The first kappa shape index (κ1) is 9.73. The van der Waals surface area contributed by atoms with Gasteiger partial charge in [0, 0.05) is 17.0 Å². The summed E-state index contributed by atoms with van der Waals surface area (Å²) in [6.07, 6.45) is 1.89. The van der Waals surface area contributed by atoms with Gasteiger partial charge in [0.1, 0.15) is 0 Å². The van der Waals surface area contributed by atoms with Crippen LogP contribution >= 0.6 is 11.3 Å². The van der Waals surface area contributed by atoms with Crippen molar-refractivity contribution in [3.63, 3.8) is 0 Å². The standard InChI is InChI=1S/C13H7N3OS/c17-12-9-7-8-3-1-2-4-10(8)14-11(9)16-5-6-18-13(16)15-12/h1-7H. The summed E-state index contributed by atoms with van der Waals surface area (Å²) in [4.78, 5) is 21.3. The van der Waals surface area contributed by atoms with Crippen molar-refractivity contribution in [3.8, 4) is 0 Å². The summed E-state index contributed by atoms with van der Waals surface area (Å²) < 4.78 is 1.86. The average Bonchev–Trinajstić information content (AvgIpc) is 2.85. The van der Waals surface area contributed by atoms with Gasteiger partial charge in [0.05, 0.1) is 10.9 Å². The molecule has 5 heteroatoms. The first-order valence-corrected chi connectivity index (χ1v) is 6.36. The molecule has 18 heavy (non-hydrogen) atoms. The fourth-order valence-electron chi connectivity index (χ4n) is 2.11. The summed E-state index contributed by atoms with van der Waals surface area (Å²) in [6.45, 7) is 0. The topological polar surface area (TPSA) is 47.3 Å². The molecule has 3 heterocycles. The van der Waals surface area contributed by atoms with Crippen LogP contribution in [-0.2, 0) is 0 Å². The Morgan fingerprint density at radius 2 is 2.06 bits per heavy atom. The van der Waals surface area contributed by atoms with Gasteiger partial charge in [-0.3, -0.25) is 9.20 Å². The molecule has 0 atom stereocenters. The fourth-order valence-corrected chi connectivity index (χ4v) is 2.81. The van der Waals surface area contributed by atoms with Crippen molar-refractivity contribution in [2.24, 2.45) is 0 Å². The van der Waals surface area contributed by atoms with Crippen molar-refractivity contribution >= 4 is 38.2 Å². The minimum atomic E-state index is -0.217. The summed E-state index contributed by atoms with van der Waals surface area (Å²) in [5.41, 5.74) is 1.34. The van der Waals surface area contributed by atoms with Crippen LogP contribution in [0.3, 0.4) is 0 Å². The van der Waals surface area contributed by atoms with Gasteiger partial charge in [0.2, 0.25) is 0 Å². The largest absolute Gasteiger partial charge is 0.283 e. The molecule has 0 unspecified atom stereocenters. The first-order chi connectivity index (χ1) is 8.83. The van der Waals surface area contributed by atoms with Crippen molar-refractivity contribution in [3.05, 3.63) is 52.3 Å². The molecule has 0 fully saturated rings. The zero-order valence-electron chi connectivity index (χ0n) is 9.20. The molecule has 3 aromatic heterocycles. The van der Waals surface area contributed by atoms with Crippen LogP contribution in [0.4, 0.5) is 0 Å². The Balaban J connectivity index is 2.36. The number of benzene rings is 1. The third kappa shape index (κ3) is 1.22. The lowest BCUT2D eigenvalue weighted by Gasteiger charge is -2.02. The van der Waals surface area contributed by atoms with E-state index < -0.39 is 0 Å². The normalized spacial score (nSPS) is 11.6. The number of fused-ring (bicyclic) bond motifs is 4. The minimum Gasteiger partial charge on any atom is -0.276 e. The van der Waals surface area contributed by atoms with E-state index in [9.17, 15) is 4.79 Å². The molecule has 0 aliphatic carbocycles. The van der Waals surface area contributed by atoms with E-state index in [-0.39, 0.29) is 5.56 Å². The lowest BCUT2D eigenvalue weighted by Crippen LogP contribution is -2.09. The van der Waals surface area contributed by atoms with E-state index in [0.717, 1.165) is 10.9 Å². The molecule has 4 aromatic rings. The van der Waals surface area contributed by atoms with Gasteiger partial charge in [-0.2, -0.15) is 4.98 Å². The second kappa shape index (κ2) is 3.36. The number of aromatic nitrogens is 3. The second-order valence-corrected chi connectivity index (χ2v) is 4.90. The molecular formula is C13H7N3OS. The Morgan fingerprint density at radius 3 is 3.00 bits per heavy atom. The Hall–Kier alpha value is -2.27. The predicted octanol–water partition coefficient (Wildman–Crippen LogP) is 2.46. The van der Waals surface area contributed by atoms with Crippen molar-refractivity contribution in [1.82, 2.24) is 14.4 Å². The maximum Gasteiger partial charge on any atom is 0.283 e. The van der Waals surface area contributed by atoms with Crippen molar-refractivity contribution in [2.45, 2.75) is 0 Å². The molecule has 0 amide bonds. The number of thiazole rings is 1. The van der Waals surface area contributed by atoms with Crippen LogP contribution < -0.4 is 5.56 Å². The number of para-hydroxylation sites is 1. The Labute approximate surface area is 105 Å². The molecule has 0 saturated heterocycles. The van der Waals surface area contributed by atoms with Gasteiger partial charge in [-0.15, -0.1) is 11.3 Å². The highest BCUT2D eigenvalue weighted by Gasteiger charge is 2.08. The zero-order chi connectivity index (χ0) is 12.1. The number of rotatable bonds is 0. The maximum atomic E-state index is 12.0. The molecule has 1 aromatic carbocycles. The summed E-state index contributed by atoms with van der Waals surface area (Å²) in [6, 6.07) is 9.62. The highest BCUT2D eigenvalue weighted by molar-refractivity contribution is 7.15. The highest BCUT2D eigenvalue weighted by Crippen LogP contribution is 2.19. The quantitative estimate of drug-likeness (QED) is 0.452. The van der Waals surface area contributed by atoms with E-state index in [1.165, 1.54) is 11.3 Å². The molecular weight excluding hydrogens is 246 g/mol. The van der Waals surface area contributed by atoms with Crippen molar-refractivity contribution in [2.75, 3.05) is 0 Å². The summed E-state index contributed by atoms with van der Waals surface area (Å²) in [5, 5.41) is 3.42. The molecule has 0 saturated carbocycles. The zero-order valence-corrected chi connectivity index (χ0v) is 10.0. The van der Waals surface area contributed by atoms with Crippen LogP contribution in [0.15, 0.2) is 46.7 Å². The predicted molar refractivity (Wildman–Crippen MR) is 72.1 cm³/mol. The molecule has 4 rings (SSSR count). The van der Waals surface area contributed by atoms with E-state index in [1.807, 2.05) is 46.3 Å². The van der Waals surface area contributed by atoms with E-state index >= 15 is 0 Å². The summed E-state index contributed by atoms with van der Waals surface area (Å²) in [7, 11) is 0. The lowest BCUT2D eigenvalue weighted by atomic mass is 10.2. The van der Waals surface area contributed by atoms with Crippen LogP contribution in [0.2, 0.25) is 0 Å². The summed E-state index contributed by atoms with van der Waals surface area (Å²) >= 11 is 1.43. The molecule has 0 radical (unpaired) electrons. The maximum absolute atomic E-state index is 12.0. The minimum absolute atomic E-state index is 0.217. The van der Waals surface area contributed by atoms with Crippen molar-refractivity contribution < 1.29 is 0 Å². The Morgan fingerprint density at radius 1 is 1.17 bits per heavy atom. The highest BCUT2D eigenvalue weighted by atomic mass is 32.1. The van der Waals surface area contributed by atoms with Gasteiger partial charge in [-0.05, 0) is 12.1 Å². The van der Waals surface area contributed by atoms with Crippen molar-refractivity contribution in [1.29, 1.82) is 0 Å². The molecule has 0 N–H and O–H groups in total. The van der Waals surface area contributed by atoms with Crippen LogP contribution in [0.25, 0.3) is 26.9 Å². The van der Waals surface area contributed by atoms with E-state index in [0.29, 0.717) is 16.0 Å².